The van der Waals surface area contributed by atoms with Gasteiger partial charge in [0.25, 0.3) is 0 Å². The van der Waals surface area contributed by atoms with Gasteiger partial charge in [0.2, 0.25) is 11.7 Å². The first-order valence-electron chi connectivity index (χ1n) is 8.61. The molecule has 0 spiro atoms. The second-order valence-electron chi connectivity index (χ2n) is 6.37. The quantitative estimate of drug-likeness (QED) is 0.901. The number of hydrogen-bond donors (Lipinski definition) is 1. The van der Waals surface area contributed by atoms with Gasteiger partial charge in [-0.1, -0.05) is 12.8 Å². The van der Waals surface area contributed by atoms with Crippen molar-refractivity contribution in [3.63, 3.8) is 0 Å². The van der Waals surface area contributed by atoms with Crippen LogP contribution < -0.4 is 5.32 Å². The van der Waals surface area contributed by atoms with Crippen LogP contribution in [0.1, 0.15) is 37.9 Å². The van der Waals surface area contributed by atoms with E-state index >= 15 is 0 Å². The Morgan fingerprint density at radius 1 is 1.38 bits per heavy atom. The summed E-state index contributed by atoms with van der Waals surface area (Å²) in [4.78, 5) is 22.5. The molecule has 1 aromatic rings. The number of anilines is 1. The summed E-state index contributed by atoms with van der Waals surface area (Å²) in [6.07, 6.45) is 6.53. The summed E-state index contributed by atoms with van der Waals surface area (Å²) in [5, 5.41) is 12.3. The Labute approximate surface area is 142 Å². The van der Waals surface area contributed by atoms with Crippen LogP contribution in [-0.2, 0) is 9.53 Å². The van der Waals surface area contributed by atoms with Gasteiger partial charge in [0, 0.05) is 31.7 Å². The Morgan fingerprint density at radius 2 is 2.17 bits per heavy atom. The molecule has 0 radical (unpaired) electrons. The first-order chi connectivity index (χ1) is 11.8. The number of morpholine rings is 1. The van der Waals surface area contributed by atoms with E-state index in [1.807, 2.05) is 11.0 Å². The minimum Gasteiger partial charge on any atom is -0.378 e. The van der Waals surface area contributed by atoms with Crippen molar-refractivity contribution in [2.75, 3.05) is 31.6 Å². The van der Waals surface area contributed by atoms with E-state index in [0.717, 1.165) is 25.7 Å². The van der Waals surface area contributed by atoms with Crippen LogP contribution in [0.3, 0.4) is 0 Å². The number of hydrogen-bond acceptors (Lipinski definition) is 6. The maximum Gasteiger partial charge on any atom is 0.234 e. The molecular weight excluding hydrogens is 306 g/mol. The lowest BCUT2D eigenvalue weighted by atomic mass is 9.82. The van der Waals surface area contributed by atoms with Crippen molar-refractivity contribution in [3.8, 4) is 6.07 Å². The van der Waals surface area contributed by atoms with Crippen LogP contribution in [-0.4, -0.2) is 53.1 Å². The average molecular weight is 329 g/mol. The highest BCUT2D eigenvalue weighted by molar-refractivity contribution is 5.76. The van der Waals surface area contributed by atoms with Gasteiger partial charge < -0.3 is 15.0 Å². The Hall–Kier alpha value is -2.20. The third kappa shape index (κ3) is 4.20. The van der Waals surface area contributed by atoms with Crippen LogP contribution in [0.4, 0.5) is 5.82 Å². The molecule has 1 amide bonds. The minimum atomic E-state index is 0.164. The van der Waals surface area contributed by atoms with E-state index in [4.69, 9.17) is 10.00 Å². The van der Waals surface area contributed by atoms with Crippen molar-refractivity contribution in [2.24, 2.45) is 5.92 Å². The summed E-state index contributed by atoms with van der Waals surface area (Å²) in [6.45, 7) is 2.66. The van der Waals surface area contributed by atoms with Gasteiger partial charge in [0.15, 0.2) is 0 Å². The number of nitrogens with zero attached hydrogens (tertiary/aromatic N) is 4. The lowest BCUT2D eigenvalue weighted by Crippen LogP contribution is -2.43. The van der Waals surface area contributed by atoms with Crippen LogP contribution in [0.15, 0.2) is 12.3 Å². The van der Waals surface area contributed by atoms with Crippen molar-refractivity contribution in [1.82, 2.24) is 14.9 Å². The lowest BCUT2D eigenvalue weighted by molar-refractivity contribution is -0.136. The zero-order chi connectivity index (χ0) is 16.8. The van der Waals surface area contributed by atoms with Crippen LogP contribution in [0.2, 0.25) is 0 Å². The number of carbonyl (C=O) groups is 1. The number of rotatable bonds is 4. The molecule has 2 atom stereocenters. The van der Waals surface area contributed by atoms with Gasteiger partial charge >= 0.3 is 0 Å². The molecule has 2 heterocycles. The smallest absolute Gasteiger partial charge is 0.234 e. The molecule has 7 heteroatoms. The fourth-order valence-corrected chi connectivity index (χ4v) is 3.49. The number of aromatic nitrogens is 2. The lowest BCUT2D eigenvalue weighted by Gasteiger charge is -2.34. The van der Waals surface area contributed by atoms with E-state index in [2.05, 4.69) is 15.3 Å². The molecule has 2 aliphatic rings. The van der Waals surface area contributed by atoms with E-state index in [-0.39, 0.29) is 17.8 Å². The molecule has 1 saturated carbocycles. The fraction of sp³-hybridized carbons (Fsp3) is 0.647. The number of amides is 1. The molecule has 24 heavy (non-hydrogen) atoms. The van der Waals surface area contributed by atoms with E-state index in [0.29, 0.717) is 44.5 Å². The van der Waals surface area contributed by atoms with E-state index in [1.54, 1.807) is 12.3 Å². The van der Waals surface area contributed by atoms with Gasteiger partial charge in [-0.3, -0.25) is 4.79 Å². The molecular formula is C17H23N5O2. The van der Waals surface area contributed by atoms with Crippen molar-refractivity contribution in [1.29, 1.82) is 5.26 Å². The molecule has 2 fully saturated rings. The predicted octanol–water partition coefficient (Wildman–Crippen LogP) is 1.57. The molecule has 0 bridgehead atoms. The molecule has 1 aliphatic heterocycles. The van der Waals surface area contributed by atoms with Crippen LogP contribution >= 0.6 is 0 Å². The maximum atomic E-state index is 12.5. The van der Waals surface area contributed by atoms with Crippen LogP contribution in [0.25, 0.3) is 0 Å². The molecule has 1 aromatic heterocycles. The Morgan fingerprint density at radius 3 is 2.96 bits per heavy atom. The normalized spacial score (nSPS) is 24.2. The van der Waals surface area contributed by atoms with Gasteiger partial charge in [-0.05, 0) is 24.8 Å². The van der Waals surface area contributed by atoms with Gasteiger partial charge in [0.05, 0.1) is 13.2 Å². The number of nitriles is 1. The minimum absolute atomic E-state index is 0.164. The third-order valence-electron chi connectivity index (χ3n) is 4.80. The first-order valence-corrected chi connectivity index (χ1v) is 8.61. The van der Waals surface area contributed by atoms with Crippen LogP contribution in [0.5, 0.6) is 0 Å². The van der Waals surface area contributed by atoms with Gasteiger partial charge in [0.1, 0.15) is 11.9 Å². The Balaban J connectivity index is 1.62. The molecule has 1 N–H and O–H groups in total. The zero-order valence-corrected chi connectivity index (χ0v) is 13.8. The van der Waals surface area contributed by atoms with Crippen molar-refractivity contribution < 1.29 is 9.53 Å². The van der Waals surface area contributed by atoms with Crippen molar-refractivity contribution in [2.45, 2.75) is 38.1 Å². The summed E-state index contributed by atoms with van der Waals surface area (Å²) in [5.41, 5.74) is 0. The second-order valence-corrected chi connectivity index (χ2v) is 6.37. The summed E-state index contributed by atoms with van der Waals surface area (Å²) < 4.78 is 5.32. The molecule has 1 saturated heterocycles. The number of ether oxygens (including phenoxy) is 1. The molecule has 128 valence electrons. The highest BCUT2D eigenvalue weighted by Crippen LogP contribution is 2.30. The SMILES string of the molecule is N#Cc1nccc(N[C@H]2CCCC[C@H]2CC(=O)N2CCOCC2)n1. The third-order valence-corrected chi connectivity index (χ3v) is 4.80. The molecule has 0 aromatic carbocycles. The van der Waals surface area contributed by atoms with Gasteiger partial charge in [-0.15, -0.1) is 0 Å². The van der Waals surface area contributed by atoms with Crippen LogP contribution in [0, 0.1) is 17.2 Å². The molecule has 0 unspecified atom stereocenters. The maximum absolute atomic E-state index is 12.5. The van der Waals surface area contributed by atoms with E-state index in [9.17, 15) is 4.79 Å². The van der Waals surface area contributed by atoms with Crippen molar-refractivity contribution in [3.05, 3.63) is 18.1 Å². The zero-order valence-electron chi connectivity index (χ0n) is 13.8. The van der Waals surface area contributed by atoms with E-state index in [1.165, 1.54) is 0 Å². The highest BCUT2D eigenvalue weighted by atomic mass is 16.5. The average Bonchev–Trinajstić information content (AvgIpc) is 2.64. The molecule has 3 rings (SSSR count). The monoisotopic (exact) mass is 329 g/mol. The predicted molar refractivity (Wildman–Crippen MR) is 88.1 cm³/mol. The van der Waals surface area contributed by atoms with Gasteiger partial charge in [-0.2, -0.15) is 5.26 Å². The second kappa shape index (κ2) is 8.06. The summed E-state index contributed by atoms with van der Waals surface area (Å²) in [7, 11) is 0. The van der Waals surface area contributed by atoms with Gasteiger partial charge in [-0.25, -0.2) is 9.97 Å². The first kappa shape index (κ1) is 16.7. The standard InChI is InChI=1S/C17H23N5O2/c18-12-16-19-6-5-15(21-16)20-14-4-2-1-3-13(14)11-17(23)22-7-9-24-10-8-22/h5-6,13-14H,1-4,7-11H2,(H,19,20,21)/t13-,14-/m0/s1. The van der Waals surface area contributed by atoms with Crippen molar-refractivity contribution >= 4 is 11.7 Å². The fourth-order valence-electron chi connectivity index (χ4n) is 3.49. The number of carbonyl (C=O) groups excluding carboxylic acids is 1. The summed E-state index contributed by atoms with van der Waals surface area (Å²) in [6, 6.07) is 3.94. The highest BCUT2D eigenvalue weighted by Gasteiger charge is 2.29. The summed E-state index contributed by atoms with van der Waals surface area (Å²) in [5.74, 6) is 1.35. The number of nitrogens with one attached hydrogen (secondary N) is 1. The Bertz CT molecular complexity index is 609. The largest absolute Gasteiger partial charge is 0.378 e. The van der Waals surface area contributed by atoms with E-state index < -0.39 is 0 Å². The Kier molecular flexibility index (Phi) is 5.59. The molecule has 7 nitrogen and oxygen atoms in total. The molecule has 1 aliphatic carbocycles. The topological polar surface area (TPSA) is 91.1 Å². The summed E-state index contributed by atoms with van der Waals surface area (Å²) >= 11 is 0.